The number of hydrogen-bond acceptors (Lipinski definition) is 7. The fraction of sp³-hybridized carbons (Fsp3) is 0.471. The first-order valence-electron chi connectivity index (χ1n) is 8.84. The number of carboxylic acids is 2. The van der Waals surface area contributed by atoms with E-state index in [0.717, 1.165) is 0 Å². The van der Waals surface area contributed by atoms with Gasteiger partial charge >= 0.3 is 11.9 Å². The Morgan fingerprint density at radius 1 is 1.03 bits per heavy atom. The van der Waals surface area contributed by atoms with Gasteiger partial charge in [0.05, 0.1) is 9.82 Å². The van der Waals surface area contributed by atoms with Gasteiger partial charge in [-0.3, -0.25) is 14.9 Å². The Labute approximate surface area is 172 Å². The normalized spacial score (nSPS) is 14.6. The number of nitro benzene ring substituents is 1. The highest BCUT2D eigenvalue weighted by Gasteiger charge is 2.30. The van der Waals surface area contributed by atoms with Crippen molar-refractivity contribution >= 4 is 33.6 Å². The van der Waals surface area contributed by atoms with Crippen molar-refractivity contribution in [1.82, 2.24) is 9.21 Å². The second-order valence-electron chi connectivity index (χ2n) is 6.74. The van der Waals surface area contributed by atoms with E-state index in [1.165, 1.54) is 28.6 Å². The zero-order valence-electron chi connectivity index (χ0n) is 16.4. The van der Waals surface area contributed by atoms with Gasteiger partial charge in [-0.2, -0.15) is 4.31 Å². The van der Waals surface area contributed by atoms with Crippen molar-refractivity contribution in [2.75, 3.05) is 26.2 Å². The lowest BCUT2D eigenvalue weighted by atomic mass is 10.1. The molecule has 0 unspecified atom stereocenters. The van der Waals surface area contributed by atoms with Crippen LogP contribution < -0.4 is 0 Å². The van der Waals surface area contributed by atoms with Crippen molar-refractivity contribution in [3.63, 3.8) is 0 Å². The monoisotopic (exact) mass is 445 g/mol. The van der Waals surface area contributed by atoms with Crippen LogP contribution in [0.15, 0.2) is 29.2 Å². The lowest BCUT2D eigenvalue weighted by Gasteiger charge is -2.34. The number of nitro groups is 1. The summed E-state index contributed by atoms with van der Waals surface area (Å²) in [7, 11) is -3.70. The third-order valence-electron chi connectivity index (χ3n) is 4.04. The first kappa shape index (κ1) is 25.0. The molecule has 1 amide bonds. The Morgan fingerprint density at radius 2 is 1.50 bits per heavy atom. The third kappa shape index (κ3) is 7.08. The van der Waals surface area contributed by atoms with Crippen LogP contribution in [0.1, 0.15) is 20.3 Å². The quantitative estimate of drug-likeness (QED) is 0.374. The first-order chi connectivity index (χ1) is 13.9. The molecular formula is C17H23N3O9S. The van der Waals surface area contributed by atoms with Crippen molar-refractivity contribution in [3.8, 4) is 0 Å². The van der Waals surface area contributed by atoms with Crippen LogP contribution in [-0.4, -0.2) is 76.8 Å². The highest BCUT2D eigenvalue weighted by Crippen LogP contribution is 2.21. The highest BCUT2D eigenvalue weighted by atomic mass is 32.2. The van der Waals surface area contributed by atoms with Crippen LogP contribution in [0.5, 0.6) is 0 Å². The fourth-order valence-electron chi connectivity index (χ4n) is 2.55. The van der Waals surface area contributed by atoms with Crippen LogP contribution in [0.25, 0.3) is 0 Å². The lowest BCUT2D eigenvalue weighted by molar-refractivity contribution is -0.384. The minimum absolute atomic E-state index is 0.0232. The molecule has 13 heteroatoms. The molecule has 0 aromatic heterocycles. The Bertz CT molecular complexity index is 878. The molecule has 166 valence electrons. The van der Waals surface area contributed by atoms with Crippen molar-refractivity contribution in [2.45, 2.75) is 25.2 Å². The third-order valence-corrected chi connectivity index (χ3v) is 5.96. The van der Waals surface area contributed by atoms with Crippen molar-refractivity contribution in [2.24, 2.45) is 5.92 Å². The number of carbonyl (C=O) groups excluding carboxylic acids is 1. The molecule has 1 fully saturated rings. The number of aliphatic carboxylic acids is 2. The van der Waals surface area contributed by atoms with Gasteiger partial charge in [0.2, 0.25) is 15.9 Å². The number of benzene rings is 1. The number of non-ortho nitro benzene ring substituents is 1. The van der Waals surface area contributed by atoms with E-state index >= 15 is 0 Å². The average molecular weight is 445 g/mol. The summed E-state index contributed by atoms with van der Waals surface area (Å²) in [5.41, 5.74) is -0.155. The van der Waals surface area contributed by atoms with E-state index in [2.05, 4.69) is 0 Å². The standard InChI is InChI=1S/C15H21N3O5S.C2H2O4/c1-12(2)11-15(19)16-7-9-17(10-8-16)24(22,23)14-5-3-13(4-6-14)18(20)21;3-1(4)2(5)6/h3-6,12H,7-11H2,1-2H3;(H,3,4)(H,5,6). The molecule has 1 aliphatic rings. The zero-order valence-corrected chi connectivity index (χ0v) is 17.2. The second-order valence-corrected chi connectivity index (χ2v) is 8.68. The fourth-order valence-corrected chi connectivity index (χ4v) is 3.97. The summed E-state index contributed by atoms with van der Waals surface area (Å²) >= 11 is 0. The molecule has 1 aromatic rings. The molecular weight excluding hydrogens is 422 g/mol. The second kappa shape index (κ2) is 10.6. The SMILES string of the molecule is CC(C)CC(=O)N1CCN(S(=O)(=O)c2ccc([N+](=O)[O-])cc2)CC1.O=C(O)C(=O)O. The van der Waals surface area contributed by atoms with Gasteiger partial charge in [0.25, 0.3) is 5.69 Å². The summed E-state index contributed by atoms with van der Waals surface area (Å²) < 4.78 is 26.5. The molecule has 12 nitrogen and oxygen atoms in total. The summed E-state index contributed by atoms with van der Waals surface area (Å²) in [6, 6.07) is 4.83. The number of nitrogens with zero attached hydrogens (tertiary/aromatic N) is 3. The molecule has 0 bridgehead atoms. The minimum Gasteiger partial charge on any atom is -0.473 e. The Hall–Kier alpha value is -3.06. The maximum atomic E-state index is 12.6. The van der Waals surface area contributed by atoms with Gasteiger partial charge in [-0.15, -0.1) is 0 Å². The van der Waals surface area contributed by atoms with E-state index in [1.54, 1.807) is 4.90 Å². The molecule has 0 atom stereocenters. The van der Waals surface area contributed by atoms with E-state index in [4.69, 9.17) is 19.8 Å². The predicted octanol–water partition coefficient (Wildman–Crippen LogP) is 0.629. The predicted molar refractivity (Wildman–Crippen MR) is 103 cm³/mol. The van der Waals surface area contributed by atoms with Crippen molar-refractivity contribution in [3.05, 3.63) is 34.4 Å². The molecule has 0 aliphatic carbocycles. The van der Waals surface area contributed by atoms with Gasteiger partial charge in [0.15, 0.2) is 0 Å². The van der Waals surface area contributed by atoms with Crippen LogP contribution in [0.2, 0.25) is 0 Å². The van der Waals surface area contributed by atoms with Gasteiger partial charge in [-0.1, -0.05) is 13.8 Å². The first-order valence-corrected chi connectivity index (χ1v) is 10.3. The largest absolute Gasteiger partial charge is 0.473 e. The van der Waals surface area contributed by atoms with Crippen LogP contribution in [-0.2, 0) is 24.4 Å². The molecule has 0 saturated carbocycles. The molecule has 1 heterocycles. The Morgan fingerprint density at radius 3 is 1.87 bits per heavy atom. The molecule has 0 radical (unpaired) electrons. The lowest BCUT2D eigenvalue weighted by Crippen LogP contribution is -2.50. The summed E-state index contributed by atoms with van der Waals surface area (Å²) in [6.45, 7) is 5.10. The Balaban J connectivity index is 0.000000656. The van der Waals surface area contributed by atoms with E-state index in [-0.39, 0.29) is 35.5 Å². The number of amides is 1. The molecule has 1 saturated heterocycles. The zero-order chi connectivity index (χ0) is 23.1. The summed E-state index contributed by atoms with van der Waals surface area (Å²) in [6.07, 6.45) is 0.453. The molecule has 1 aliphatic heterocycles. The van der Waals surface area contributed by atoms with Crippen LogP contribution in [0.3, 0.4) is 0 Å². The van der Waals surface area contributed by atoms with Crippen LogP contribution in [0.4, 0.5) is 5.69 Å². The van der Waals surface area contributed by atoms with E-state index < -0.39 is 26.9 Å². The van der Waals surface area contributed by atoms with E-state index in [0.29, 0.717) is 19.5 Å². The molecule has 30 heavy (non-hydrogen) atoms. The van der Waals surface area contributed by atoms with Gasteiger partial charge < -0.3 is 15.1 Å². The number of sulfonamides is 1. The van der Waals surface area contributed by atoms with Gasteiger partial charge in [0.1, 0.15) is 0 Å². The molecule has 0 spiro atoms. The molecule has 2 N–H and O–H groups in total. The number of piperazine rings is 1. The summed E-state index contributed by atoms with van der Waals surface area (Å²) in [5, 5.41) is 25.4. The van der Waals surface area contributed by atoms with E-state index in [9.17, 15) is 23.3 Å². The highest BCUT2D eigenvalue weighted by molar-refractivity contribution is 7.89. The van der Waals surface area contributed by atoms with Gasteiger partial charge in [0, 0.05) is 44.7 Å². The Kier molecular flexibility index (Phi) is 8.86. The topological polar surface area (TPSA) is 175 Å². The van der Waals surface area contributed by atoms with Crippen molar-refractivity contribution < 1.29 is 37.9 Å². The summed E-state index contributed by atoms with van der Waals surface area (Å²) in [5.74, 6) is -3.35. The van der Waals surface area contributed by atoms with Gasteiger partial charge in [-0.05, 0) is 18.1 Å². The minimum atomic E-state index is -3.70. The molecule has 2 rings (SSSR count). The summed E-state index contributed by atoms with van der Waals surface area (Å²) in [4.78, 5) is 42.0. The number of hydrogen-bond donors (Lipinski definition) is 2. The maximum Gasteiger partial charge on any atom is 0.414 e. The van der Waals surface area contributed by atoms with E-state index in [1.807, 2.05) is 13.8 Å². The maximum absolute atomic E-state index is 12.6. The number of rotatable bonds is 5. The number of carbonyl (C=O) groups is 3. The van der Waals surface area contributed by atoms with Crippen LogP contribution >= 0.6 is 0 Å². The van der Waals surface area contributed by atoms with Crippen molar-refractivity contribution in [1.29, 1.82) is 0 Å². The number of carboxylic acid groups (broad SMARTS) is 2. The van der Waals surface area contributed by atoms with Crippen LogP contribution in [0, 0.1) is 16.0 Å². The average Bonchev–Trinajstić information content (AvgIpc) is 2.68. The van der Waals surface area contributed by atoms with Gasteiger partial charge in [-0.25, -0.2) is 18.0 Å². The molecule has 1 aromatic carbocycles. The smallest absolute Gasteiger partial charge is 0.414 e.